The van der Waals surface area contributed by atoms with E-state index in [1.807, 2.05) is 12.1 Å². The van der Waals surface area contributed by atoms with Gasteiger partial charge in [0.05, 0.1) is 0 Å². The van der Waals surface area contributed by atoms with Crippen molar-refractivity contribution < 1.29 is 4.39 Å². The Labute approximate surface area is 106 Å². The topological polar surface area (TPSA) is 12.0 Å². The number of rotatable bonds is 3. The summed E-state index contributed by atoms with van der Waals surface area (Å²) in [7, 11) is 0. The van der Waals surface area contributed by atoms with Crippen LogP contribution in [0, 0.1) is 5.82 Å². The molecule has 1 nitrogen and oxygen atoms in total. The highest BCUT2D eigenvalue weighted by molar-refractivity contribution is 7.99. The van der Waals surface area contributed by atoms with E-state index in [-0.39, 0.29) is 5.82 Å². The van der Waals surface area contributed by atoms with E-state index in [2.05, 4.69) is 17.1 Å². The lowest BCUT2D eigenvalue weighted by Crippen LogP contribution is -2.45. The van der Waals surface area contributed by atoms with Gasteiger partial charge in [0.1, 0.15) is 5.82 Å². The molecule has 1 saturated carbocycles. The van der Waals surface area contributed by atoms with Crippen LogP contribution in [0.2, 0.25) is 0 Å². The van der Waals surface area contributed by atoms with Crippen LogP contribution in [0.3, 0.4) is 0 Å². The van der Waals surface area contributed by atoms with Crippen molar-refractivity contribution in [3.8, 4) is 0 Å². The van der Waals surface area contributed by atoms with Gasteiger partial charge in [-0.15, -0.1) is 0 Å². The summed E-state index contributed by atoms with van der Waals surface area (Å²) in [5.41, 5.74) is 1.30. The lowest BCUT2D eigenvalue weighted by Gasteiger charge is -2.38. The molecule has 1 aliphatic carbocycles. The SMILES string of the molecule is Fc1ccc(C2CC(NC3CCSC3)C2)cc1. The van der Waals surface area contributed by atoms with Crippen LogP contribution in [-0.2, 0) is 0 Å². The molecule has 1 aliphatic heterocycles. The van der Waals surface area contributed by atoms with Crippen molar-refractivity contribution in [1.82, 2.24) is 5.32 Å². The Morgan fingerprint density at radius 3 is 2.53 bits per heavy atom. The quantitative estimate of drug-likeness (QED) is 0.885. The van der Waals surface area contributed by atoms with Gasteiger partial charge < -0.3 is 5.32 Å². The highest BCUT2D eigenvalue weighted by Crippen LogP contribution is 2.37. The first-order chi connectivity index (χ1) is 8.31. The number of halogens is 1. The summed E-state index contributed by atoms with van der Waals surface area (Å²) in [4.78, 5) is 0. The minimum Gasteiger partial charge on any atom is -0.310 e. The maximum atomic E-state index is 12.8. The number of thioether (sulfide) groups is 1. The summed E-state index contributed by atoms with van der Waals surface area (Å²) in [6.07, 6.45) is 3.75. The van der Waals surface area contributed by atoms with Crippen LogP contribution in [0.15, 0.2) is 24.3 Å². The maximum Gasteiger partial charge on any atom is 0.123 e. The highest BCUT2D eigenvalue weighted by atomic mass is 32.2. The minimum absolute atomic E-state index is 0.134. The Morgan fingerprint density at radius 2 is 1.88 bits per heavy atom. The Kier molecular flexibility index (Phi) is 3.39. The normalized spacial score (nSPS) is 32.4. The molecule has 2 fully saturated rings. The van der Waals surface area contributed by atoms with Crippen molar-refractivity contribution in [2.45, 2.75) is 37.3 Å². The minimum atomic E-state index is -0.134. The predicted octanol–water partition coefficient (Wildman–Crippen LogP) is 3.17. The van der Waals surface area contributed by atoms with Crippen molar-refractivity contribution in [2.75, 3.05) is 11.5 Å². The molecule has 92 valence electrons. The second kappa shape index (κ2) is 4.99. The molecule has 17 heavy (non-hydrogen) atoms. The second-order valence-corrected chi connectivity index (χ2v) is 6.29. The standard InChI is InChI=1S/C14H18FNS/c15-12-3-1-10(2-4-12)11-7-14(8-11)16-13-5-6-17-9-13/h1-4,11,13-14,16H,5-9H2. The van der Waals surface area contributed by atoms with Crippen LogP contribution < -0.4 is 5.32 Å². The van der Waals surface area contributed by atoms with E-state index >= 15 is 0 Å². The summed E-state index contributed by atoms with van der Waals surface area (Å²) < 4.78 is 12.8. The largest absolute Gasteiger partial charge is 0.310 e. The molecule has 0 aromatic heterocycles. The molecule has 1 aromatic rings. The first-order valence-electron chi connectivity index (χ1n) is 6.40. The van der Waals surface area contributed by atoms with Gasteiger partial charge >= 0.3 is 0 Å². The van der Waals surface area contributed by atoms with Gasteiger partial charge in [-0.2, -0.15) is 11.8 Å². The second-order valence-electron chi connectivity index (χ2n) is 5.14. The van der Waals surface area contributed by atoms with Gasteiger partial charge in [-0.3, -0.25) is 0 Å². The molecule has 0 bridgehead atoms. The summed E-state index contributed by atoms with van der Waals surface area (Å²) >= 11 is 2.05. The van der Waals surface area contributed by atoms with Crippen molar-refractivity contribution in [2.24, 2.45) is 0 Å². The zero-order chi connectivity index (χ0) is 11.7. The van der Waals surface area contributed by atoms with Gasteiger partial charge in [-0.25, -0.2) is 4.39 Å². The molecule has 3 heteroatoms. The van der Waals surface area contributed by atoms with Crippen LogP contribution in [0.1, 0.15) is 30.7 Å². The van der Waals surface area contributed by atoms with Crippen LogP contribution in [-0.4, -0.2) is 23.6 Å². The molecule has 0 amide bonds. The number of nitrogens with one attached hydrogen (secondary N) is 1. The third kappa shape index (κ3) is 2.66. The summed E-state index contributed by atoms with van der Waals surface area (Å²) in [6.45, 7) is 0. The van der Waals surface area contributed by atoms with Crippen LogP contribution in [0.25, 0.3) is 0 Å². The molecular weight excluding hydrogens is 233 g/mol. The van der Waals surface area contributed by atoms with Crippen molar-refractivity contribution in [3.63, 3.8) is 0 Å². The van der Waals surface area contributed by atoms with Gasteiger partial charge in [0.25, 0.3) is 0 Å². The third-order valence-electron chi connectivity index (χ3n) is 3.88. The Balaban J connectivity index is 1.49. The number of benzene rings is 1. The third-order valence-corrected chi connectivity index (χ3v) is 5.04. The zero-order valence-electron chi connectivity index (χ0n) is 9.86. The summed E-state index contributed by atoms with van der Waals surface area (Å²) in [5, 5.41) is 3.73. The van der Waals surface area contributed by atoms with E-state index < -0.39 is 0 Å². The monoisotopic (exact) mass is 251 g/mol. The molecule has 0 spiro atoms. The summed E-state index contributed by atoms with van der Waals surface area (Å²) in [6, 6.07) is 8.43. The fourth-order valence-electron chi connectivity index (χ4n) is 2.76. The summed E-state index contributed by atoms with van der Waals surface area (Å²) in [5.74, 6) is 3.09. The Morgan fingerprint density at radius 1 is 1.12 bits per heavy atom. The van der Waals surface area contributed by atoms with Crippen LogP contribution in [0.4, 0.5) is 4.39 Å². The molecule has 1 unspecified atom stereocenters. The van der Waals surface area contributed by atoms with Crippen molar-refractivity contribution >= 4 is 11.8 Å². The molecule has 1 aromatic carbocycles. The molecule has 1 saturated heterocycles. The van der Waals surface area contributed by atoms with Gasteiger partial charge in [0.15, 0.2) is 0 Å². The highest BCUT2D eigenvalue weighted by Gasteiger charge is 2.32. The lowest BCUT2D eigenvalue weighted by atomic mass is 9.75. The van der Waals surface area contributed by atoms with E-state index in [1.165, 1.54) is 36.3 Å². The molecule has 0 radical (unpaired) electrons. The fourth-order valence-corrected chi connectivity index (χ4v) is 3.93. The molecule has 1 heterocycles. The number of hydrogen-bond acceptors (Lipinski definition) is 2. The molecular formula is C14H18FNS. The molecule has 1 atom stereocenters. The van der Waals surface area contributed by atoms with Gasteiger partial charge in [-0.1, -0.05) is 12.1 Å². The first kappa shape index (κ1) is 11.5. The lowest BCUT2D eigenvalue weighted by molar-refractivity contribution is 0.271. The average molecular weight is 251 g/mol. The van der Waals surface area contributed by atoms with Crippen molar-refractivity contribution in [3.05, 3.63) is 35.6 Å². The van der Waals surface area contributed by atoms with E-state index in [4.69, 9.17) is 0 Å². The maximum absolute atomic E-state index is 12.8. The smallest absolute Gasteiger partial charge is 0.123 e. The van der Waals surface area contributed by atoms with E-state index in [9.17, 15) is 4.39 Å². The number of hydrogen-bond donors (Lipinski definition) is 1. The average Bonchev–Trinajstić information content (AvgIpc) is 2.77. The molecule has 2 aliphatic rings. The van der Waals surface area contributed by atoms with Gasteiger partial charge in [0.2, 0.25) is 0 Å². The van der Waals surface area contributed by atoms with E-state index in [1.54, 1.807) is 12.1 Å². The first-order valence-corrected chi connectivity index (χ1v) is 7.56. The molecule has 3 rings (SSSR count). The van der Waals surface area contributed by atoms with Gasteiger partial charge in [0, 0.05) is 17.8 Å². The van der Waals surface area contributed by atoms with Crippen LogP contribution in [0.5, 0.6) is 0 Å². The Hall–Kier alpha value is -0.540. The molecule has 1 N–H and O–H groups in total. The zero-order valence-corrected chi connectivity index (χ0v) is 10.7. The Bertz CT molecular complexity index is 366. The van der Waals surface area contributed by atoms with Crippen molar-refractivity contribution in [1.29, 1.82) is 0 Å². The van der Waals surface area contributed by atoms with Gasteiger partial charge in [-0.05, 0) is 48.6 Å². The fraction of sp³-hybridized carbons (Fsp3) is 0.571. The van der Waals surface area contributed by atoms with E-state index in [0.717, 1.165) is 6.04 Å². The van der Waals surface area contributed by atoms with Crippen LogP contribution >= 0.6 is 11.8 Å². The predicted molar refractivity (Wildman–Crippen MR) is 71.0 cm³/mol. The van der Waals surface area contributed by atoms with E-state index in [0.29, 0.717) is 12.0 Å².